The van der Waals surface area contributed by atoms with Crippen LogP contribution in [0.3, 0.4) is 0 Å². The molecular formula is C28H44N2O5. The SMILES string of the molecule is CC[C@H]1[C@@H](O)C2C3CCC(C(C)CCc4nnc(C(=O)O)o4)[C@@]3(C)CCC2[C@@]2(C)CC[C@@H](O)C[C@@H]12. The predicted molar refractivity (Wildman–Crippen MR) is 131 cm³/mol. The summed E-state index contributed by atoms with van der Waals surface area (Å²) in [5, 5.41) is 38.9. The van der Waals surface area contributed by atoms with E-state index in [-0.39, 0.29) is 34.8 Å². The number of carbonyl (C=O) groups is 1. The van der Waals surface area contributed by atoms with Crippen molar-refractivity contribution in [2.24, 2.45) is 52.3 Å². The molecule has 7 nitrogen and oxygen atoms in total. The first-order valence-corrected chi connectivity index (χ1v) is 14.0. The van der Waals surface area contributed by atoms with Crippen LogP contribution in [0.5, 0.6) is 0 Å². The van der Waals surface area contributed by atoms with Crippen molar-refractivity contribution in [3.8, 4) is 0 Å². The smallest absolute Gasteiger partial charge is 0.393 e. The van der Waals surface area contributed by atoms with Crippen LogP contribution >= 0.6 is 0 Å². The number of carboxylic acids is 1. The van der Waals surface area contributed by atoms with Crippen molar-refractivity contribution in [2.45, 2.75) is 104 Å². The Hall–Kier alpha value is -1.47. The van der Waals surface area contributed by atoms with E-state index >= 15 is 0 Å². The van der Waals surface area contributed by atoms with Crippen molar-refractivity contribution < 1.29 is 24.5 Å². The monoisotopic (exact) mass is 488 g/mol. The third kappa shape index (κ3) is 3.96. The second-order valence-electron chi connectivity index (χ2n) is 12.9. The van der Waals surface area contributed by atoms with Crippen molar-refractivity contribution in [3.63, 3.8) is 0 Å². The quantitative estimate of drug-likeness (QED) is 0.518. The van der Waals surface area contributed by atoms with Crippen LogP contribution in [0.25, 0.3) is 0 Å². The second kappa shape index (κ2) is 9.13. The normalized spacial score (nSPS) is 45.9. The van der Waals surface area contributed by atoms with Gasteiger partial charge in [-0.25, -0.2) is 4.79 Å². The molecule has 0 amide bonds. The molecule has 4 saturated carbocycles. The van der Waals surface area contributed by atoms with Gasteiger partial charge in [-0.3, -0.25) is 0 Å². The highest BCUT2D eigenvalue weighted by Gasteiger charge is 2.64. The van der Waals surface area contributed by atoms with Gasteiger partial charge in [0, 0.05) is 6.42 Å². The molecule has 5 unspecified atom stereocenters. The van der Waals surface area contributed by atoms with Crippen LogP contribution in [0.2, 0.25) is 0 Å². The largest absolute Gasteiger partial charge is 0.474 e. The van der Waals surface area contributed by atoms with E-state index < -0.39 is 5.97 Å². The zero-order valence-corrected chi connectivity index (χ0v) is 21.8. The van der Waals surface area contributed by atoms with Gasteiger partial charge < -0.3 is 19.7 Å². The van der Waals surface area contributed by atoms with E-state index in [1.54, 1.807) is 0 Å². The minimum atomic E-state index is -1.18. The van der Waals surface area contributed by atoms with Gasteiger partial charge in [0.2, 0.25) is 5.89 Å². The molecule has 1 heterocycles. The molecule has 7 heteroatoms. The van der Waals surface area contributed by atoms with E-state index in [0.29, 0.717) is 47.8 Å². The van der Waals surface area contributed by atoms with Crippen LogP contribution in [-0.4, -0.2) is 43.7 Å². The van der Waals surface area contributed by atoms with Gasteiger partial charge >= 0.3 is 11.9 Å². The van der Waals surface area contributed by atoms with Crippen LogP contribution in [0.4, 0.5) is 0 Å². The number of fused-ring (bicyclic) bond motifs is 5. The number of carboxylic acid groups (broad SMARTS) is 1. The number of nitrogens with zero attached hydrogens (tertiary/aromatic N) is 2. The van der Waals surface area contributed by atoms with Gasteiger partial charge in [-0.1, -0.05) is 34.1 Å². The fourth-order valence-corrected chi connectivity index (χ4v) is 9.93. The van der Waals surface area contributed by atoms with Gasteiger partial charge in [0.15, 0.2) is 0 Å². The average Bonchev–Trinajstić information content (AvgIpc) is 3.43. The molecule has 5 rings (SSSR count). The predicted octanol–water partition coefficient (Wildman–Crippen LogP) is 4.96. The molecule has 4 fully saturated rings. The molecule has 0 aliphatic heterocycles. The standard InChI is InChI=1S/C28H44N2O5/c1-5-17-21-14-16(31)10-12-28(21,4)20-11-13-27(3)18(7-8-19(27)23(20)24(17)32)15(2)6-9-22-29-30-25(35-22)26(33)34/h15-21,23-24,31-32H,5-14H2,1-4H3,(H,33,34)/t15?,16-,17-,18?,19?,20?,21+,23?,24-,27-,28-/m1/s1. The third-order valence-corrected chi connectivity index (χ3v) is 11.6. The Morgan fingerprint density at radius 2 is 1.77 bits per heavy atom. The van der Waals surface area contributed by atoms with Gasteiger partial charge in [0.05, 0.1) is 12.2 Å². The number of hydrogen-bond donors (Lipinski definition) is 3. The van der Waals surface area contributed by atoms with E-state index in [0.717, 1.165) is 32.1 Å². The van der Waals surface area contributed by atoms with Crippen molar-refractivity contribution in [3.05, 3.63) is 11.8 Å². The van der Waals surface area contributed by atoms with Crippen LogP contribution in [0.15, 0.2) is 4.42 Å². The molecule has 4 aliphatic carbocycles. The van der Waals surface area contributed by atoms with Crippen molar-refractivity contribution in [1.29, 1.82) is 0 Å². The number of aryl methyl sites for hydroxylation is 1. The maximum atomic E-state index is 11.8. The minimum absolute atomic E-state index is 0.207. The molecule has 3 N–H and O–H groups in total. The van der Waals surface area contributed by atoms with E-state index in [9.17, 15) is 15.0 Å². The van der Waals surface area contributed by atoms with Gasteiger partial charge in [-0.05, 0) is 104 Å². The molecule has 0 aromatic carbocycles. The zero-order chi connectivity index (χ0) is 25.1. The lowest BCUT2D eigenvalue weighted by molar-refractivity contribution is -0.203. The number of aliphatic hydroxyl groups is 2. The van der Waals surface area contributed by atoms with E-state index in [1.165, 1.54) is 25.7 Å². The van der Waals surface area contributed by atoms with Gasteiger partial charge in [0.1, 0.15) is 0 Å². The highest BCUT2D eigenvalue weighted by Crippen LogP contribution is 2.69. The number of aromatic nitrogens is 2. The first-order chi connectivity index (χ1) is 16.6. The van der Waals surface area contributed by atoms with Crippen LogP contribution in [0, 0.1) is 52.3 Å². The fourth-order valence-electron chi connectivity index (χ4n) is 9.93. The maximum absolute atomic E-state index is 11.8. The number of aromatic carboxylic acids is 1. The lowest BCUT2D eigenvalue weighted by Gasteiger charge is -2.64. The third-order valence-electron chi connectivity index (χ3n) is 11.6. The summed E-state index contributed by atoms with van der Waals surface area (Å²) in [5.41, 5.74) is 0.451. The Morgan fingerprint density at radius 3 is 2.46 bits per heavy atom. The summed E-state index contributed by atoms with van der Waals surface area (Å²) < 4.78 is 5.30. The van der Waals surface area contributed by atoms with Crippen molar-refractivity contribution in [1.82, 2.24) is 10.2 Å². The molecule has 0 spiro atoms. The fraction of sp³-hybridized carbons (Fsp3) is 0.893. The Morgan fingerprint density at radius 1 is 1.06 bits per heavy atom. The molecule has 0 radical (unpaired) electrons. The summed E-state index contributed by atoms with van der Waals surface area (Å²) >= 11 is 0. The molecular weight excluding hydrogens is 444 g/mol. The molecule has 1 aromatic heterocycles. The van der Waals surface area contributed by atoms with E-state index in [1.807, 2.05) is 0 Å². The first-order valence-electron chi connectivity index (χ1n) is 14.0. The van der Waals surface area contributed by atoms with Gasteiger partial charge in [-0.15, -0.1) is 10.2 Å². The lowest BCUT2D eigenvalue weighted by atomic mass is 9.41. The number of hydrogen-bond acceptors (Lipinski definition) is 6. The number of rotatable bonds is 6. The Labute approximate surface area is 209 Å². The first kappa shape index (κ1) is 25.2. The molecule has 35 heavy (non-hydrogen) atoms. The average molecular weight is 489 g/mol. The summed E-state index contributed by atoms with van der Waals surface area (Å²) in [6, 6.07) is 0. The molecule has 0 bridgehead atoms. The van der Waals surface area contributed by atoms with Gasteiger partial charge in [-0.2, -0.15) is 0 Å². The molecule has 196 valence electrons. The minimum Gasteiger partial charge on any atom is -0.474 e. The van der Waals surface area contributed by atoms with Crippen molar-refractivity contribution >= 4 is 5.97 Å². The second-order valence-corrected chi connectivity index (χ2v) is 12.9. The summed E-state index contributed by atoms with van der Waals surface area (Å²) in [4.78, 5) is 11.0. The summed E-state index contributed by atoms with van der Waals surface area (Å²) in [6.45, 7) is 9.53. The Balaban J connectivity index is 1.34. The Kier molecular flexibility index (Phi) is 6.57. The summed E-state index contributed by atoms with van der Waals surface area (Å²) in [5.74, 6) is 2.12. The highest BCUT2D eigenvalue weighted by atomic mass is 16.4. The molecule has 0 saturated heterocycles. The number of aliphatic hydroxyl groups excluding tert-OH is 2. The van der Waals surface area contributed by atoms with Crippen LogP contribution < -0.4 is 0 Å². The summed E-state index contributed by atoms with van der Waals surface area (Å²) in [6.07, 6.45) is 9.66. The summed E-state index contributed by atoms with van der Waals surface area (Å²) in [7, 11) is 0. The zero-order valence-electron chi connectivity index (χ0n) is 21.8. The van der Waals surface area contributed by atoms with Crippen LogP contribution in [-0.2, 0) is 6.42 Å². The highest BCUT2D eigenvalue weighted by molar-refractivity contribution is 5.81. The lowest BCUT2D eigenvalue weighted by Crippen LogP contribution is -2.62. The van der Waals surface area contributed by atoms with Gasteiger partial charge in [0.25, 0.3) is 0 Å². The van der Waals surface area contributed by atoms with Crippen molar-refractivity contribution in [2.75, 3.05) is 0 Å². The van der Waals surface area contributed by atoms with Crippen LogP contribution in [0.1, 0.15) is 102 Å². The Bertz CT molecular complexity index is 934. The molecule has 1 aromatic rings. The van der Waals surface area contributed by atoms with E-state index in [4.69, 9.17) is 9.52 Å². The maximum Gasteiger partial charge on any atom is 0.393 e. The molecule has 4 aliphatic rings. The topological polar surface area (TPSA) is 117 Å². The molecule has 11 atom stereocenters. The van der Waals surface area contributed by atoms with E-state index in [2.05, 4.69) is 37.9 Å².